The third kappa shape index (κ3) is 2.60. The van der Waals surface area contributed by atoms with Gasteiger partial charge in [-0.2, -0.15) is 0 Å². The first-order valence-electron chi connectivity index (χ1n) is 5.76. The van der Waals surface area contributed by atoms with Gasteiger partial charge in [-0.3, -0.25) is 0 Å². The molecule has 0 aliphatic heterocycles. The van der Waals surface area contributed by atoms with E-state index in [-0.39, 0.29) is 5.82 Å². The minimum Gasteiger partial charge on any atom is -0.387 e. The first-order valence-corrected chi connectivity index (χ1v) is 5.76. The summed E-state index contributed by atoms with van der Waals surface area (Å²) in [7, 11) is 0. The molecule has 0 saturated heterocycles. The summed E-state index contributed by atoms with van der Waals surface area (Å²) < 4.78 is 13.7. The van der Waals surface area contributed by atoms with Crippen LogP contribution in [0.3, 0.4) is 0 Å². The van der Waals surface area contributed by atoms with Gasteiger partial charge >= 0.3 is 0 Å². The fraction of sp³-hybridized carbons (Fsp3) is 0.538. The smallest absolute Gasteiger partial charge is 0.129 e. The van der Waals surface area contributed by atoms with Gasteiger partial charge in [0.05, 0.1) is 6.10 Å². The van der Waals surface area contributed by atoms with Gasteiger partial charge in [-0.05, 0) is 43.9 Å². The predicted molar refractivity (Wildman–Crippen MR) is 61.9 cm³/mol. The second-order valence-electron chi connectivity index (χ2n) is 4.68. The molecule has 0 heterocycles. The van der Waals surface area contributed by atoms with Crippen molar-refractivity contribution in [1.82, 2.24) is 5.32 Å². The lowest BCUT2D eigenvalue weighted by Crippen LogP contribution is -2.24. The number of aliphatic hydroxyl groups is 1. The number of nitrogens with one attached hydrogen (secondary N) is 1. The van der Waals surface area contributed by atoms with E-state index >= 15 is 0 Å². The molecule has 2 N–H and O–H groups in total. The molecule has 0 amide bonds. The number of hydrogen-bond acceptors (Lipinski definition) is 2. The highest BCUT2D eigenvalue weighted by Crippen LogP contribution is 2.24. The van der Waals surface area contributed by atoms with Crippen LogP contribution in [0.1, 0.15) is 35.6 Å². The third-order valence-corrected chi connectivity index (χ3v) is 2.99. The zero-order chi connectivity index (χ0) is 11.7. The molecule has 3 heteroatoms. The second kappa shape index (κ2) is 4.52. The first kappa shape index (κ1) is 11.6. The number of benzene rings is 1. The molecule has 1 unspecified atom stereocenters. The van der Waals surface area contributed by atoms with Gasteiger partial charge in [0.25, 0.3) is 0 Å². The lowest BCUT2D eigenvalue weighted by molar-refractivity contribution is 0.169. The Balaban J connectivity index is 2.11. The van der Waals surface area contributed by atoms with Crippen molar-refractivity contribution in [3.8, 4) is 0 Å². The summed E-state index contributed by atoms with van der Waals surface area (Å²) in [5.41, 5.74) is 2.14. The van der Waals surface area contributed by atoms with Gasteiger partial charge in [-0.15, -0.1) is 0 Å². The van der Waals surface area contributed by atoms with Crippen molar-refractivity contribution >= 4 is 0 Å². The van der Waals surface area contributed by atoms with Crippen molar-refractivity contribution in [1.29, 1.82) is 0 Å². The van der Waals surface area contributed by atoms with Gasteiger partial charge in [0.15, 0.2) is 0 Å². The molecule has 0 bridgehead atoms. The van der Waals surface area contributed by atoms with Crippen LogP contribution in [0.2, 0.25) is 0 Å². The Morgan fingerprint density at radius 2 is 2.12 bits per heavy atom. The molecule has 1 aromatic rings. The normalized spacial score (nSPS) is 17.5. The molecule has 1 atom stereocenters. The van der Waals surface area contributed by atoms with Crippen LogP contribution < -0.4 is 5.32 Å². The fourth-order valence-electron chi connectivity index (χ4n) is 2.02. The van der Waals surface area contributed by atoms with Gasteiger partial charge in [0, 0.05) is 18.2 Å². The van der Waals surface area contributed by atoms with E-state index in [0.29, 0.717) is 18.2 Å². The van der Waals surface area contributed by atoms with Crippen molar-refractivity contribution < 1.29 is 9.50 Å². The largest absolute Gasteiger partial charge is 0.387 e. The molecule has 2 rings (SSSR count). The summed E-state index contributed by atoms with van der Waals surface area (Å²) >= 11 is 0. The van der Waals surface area contributed by atoms with E-state index < -0.39 is 6.10 Å². The van der Waals surface area contributed by atoms with E-state index in [9.17, 15) is 9.50 Å². The second-order valence-corrected chi connectivity index (χ2v) is 4.68. The minimum atomic E-state index is -0.749. The van der Waals surface area contributed by atoms with Gasteiger partial charge in [0.1, 0.15) is 5.82 Å². The molecule has 1 saturated carbocycles. The van der Waals surface area contributed by atoms with Crippen molar-refractivity contribution in [2.24, 2.45) is 0 Å². The van der Waals surface area contributed by atoms with E-state index in [0.717, 1.165) is 11.1 Å². The summed E-state index contributed by atoms with van der Waals surface area (Å²) in [6.45, 7) is 4.13. The van der Waals surface area contributed by atoms with Crippen LogP contribution in [0, 0.1) is 19.7 Å². The van der Waals surface area contributed by atoms with Crippen LogP contribution >= 0.6 is 0 Å². The standard InChI is InChI=1S/C13H18FNO/c1-8-5-9(2)13(11(14)6-8)12(16)7-15-10-3-4-10/h5-6,10,12,15-16H,3-4,7H2,1-2H3. The lowest BCUT2D eigenvalue weighted by Gasteiger charge is -2.16. The zero-order valence-corrected chi connectivity index (χ0v) is 9.76. The average molecular weight is 223 g/mol. The molecule has 1 aromatic carbocycles. The van der Waals surface area contributed by atoms with Gasteiger partial charge in [-0.1, -0.05) is 6.07 Å². The van der Waals surface area contributed by atoms with Gasteiger partial charge < -0.3 is 10.4 Å². The van der Waals surface area contributed by atoms with Gasteiger partial charge in [0.2, 0.25) is 0 Å². The van der Waals surface area contributed by atoms with Crippen molar-refractivity contribution in [2.45, 2.75) is 38.8 Å². The molecule has 2 nitrogen and oxygen atoms in total. The van der Waals surface area contributed by atoms with Crippen molar-refractivity contribution in [3.63, 3.8) is 0 Å². The highest BCUT2D eigenvalue weighted by atomic mass is 19.1. The Morgan fingerprint density at radius 3 is 2.69 bits per heavy atom. The molecule has 0 spiro atoms. The van der Waals surface area contributed by atoms with E-state index in [1.54, 1.807) is 0 Å². The molecule has 16 heavy (non-hydrogen) atoms. The number of aryl methyl sites for hydroxylation is 2. The maximum Gasteiger partial charge on any atom is 0.129 e. The van der Waals surface area contributed by atoms with Crippen LogP contribution in [0.25, 0.3) is 0 Å². The van der Waals surface area contributed by atoms with Crippen LogP contribution in [0.15, 0.2) is 12.1 Å². The quantitative estimate of drug-likeness (QED) is 0.820. The van der Waals surface area contributed by atoms with E-state index in [2.05, 4.69) is 5.32 Å². The molecule has 0 radical (unpaired) electrons. The number of hydrogen-bond donors (Lipinski definition) is 2. The van der Waals surface area contributed by atoms with E-state index in [4.69, 9.17) is 0 Å². The SMILES string of the molecule is Cc1cc(C)c(C(O)CNC2CC2)c(F)c1. The van der Waals surface area contributed by atoms with Crippen molar-refractivity contribution in [2.75, 3.05) is 6.54 Å². The van der Waals surface area contributed by atoms with Crippen molar-refractivity contribution in [3.05, 3.63) is 34.6 Å². The molecular formula is C13H18FNO. The highest BCUT2D eigenvalue weighted by Gasteiger charge is 2.23. The van der Waals surface area contributed by atoms with Crippen LogP contribution in [-0.2, 0) is 0 Å². The summed E-state index contributed by atoms with van der Waals surface area (Å²) in [5.74, 6) is -0.303. The lowest BCUT2D eigenvalue weighted by atomic mass is 10.00. The molecule has 1 fully saturated rings. The highest BCUT2D eigenvalue weighted by molar-refractivity contribution is 5.33. The molecule has 88 valence electrons. The summed E-state index contributed by atoms with van der Waals surface area (Å²) in [6, 6.07) is 3.91. The first-order chi connectivity index (χ1) is 7.58. The zero-order valence-electron chi connectivity index (χ0n) is 9.76. The van der Waals surface area contributed by atoms with E-state index in [1.165, 1.54) is 18.9 Å². The van der Waals surface area contributed by atoms with Gasteiger partial charge in [-0.25, -0.2) is 4.39 Å². The number of halogens is 1. The number of aliphatic hydroxyl groups excluding tert-OH is 1. The molecule has 1 aliphatic carbocycles. The monoisotopic (exact) mass is 223 g/mol. The molecular weight excluding hydrogens is 205 g/mol. The summed E-state index contributed by atoms with van der Waals surface area (Å²) in [6.07, 6.45) is 1.59. The Morgan fingerprint density at radius 1 is 1.44 bits per heavy atom. The fourth-order valence-corrected chi connectivity index (χ4v) is 2.02. The number of rotatable bonds is 4. The van der Waals surface area contributed by atoms with E-state index in [1.807, 2.05) is 19.9 Å². The minimum absolute atomic E-state index is 0.303. The predicted octanol–water partition coefficient (Wildman–Crippen LogP) is 2.23. The van der Waals surface area contributed by atoms with Crippen LogP contribution in [-0.4, -0.2) is 17.7 Å². The Hall–Kier alpha value is -0.930. The van der Waals surface area contributed by atoms with Crippen LogP contribution in [0.4, 0.5) is 4.39 Å². The molecule has 0 aromatic heterocycles. The molecule has 1 aliphatic rings. The maximum atomic E-state index is 13.7. The average Bonchev–Trinajstić information content (AvgIpc) is 2.96. The Labute approximate surface area is 95.5 Å². The summed E-state index contributed by atoms with van der Waals surface area (Å²) in [4.78, 5) is 0. The maximum absolute atomic E-state index is 13.7. The summed E-state index contributed by atoms with van der Waals surface area (Å²) in [5, 5.41) is 13.2. The van der Waals surface area contributed by atoms with Crippen LogP contribution in [0.5, 0.6) is 0 Å². The third-order valence-electron chi connectivity index (χ3n) is 2.99. The Bertz CT molecular complexity index is 365. The topological polar surface area (TPSA) is 32.3 Å². The Kier molecular flexibility index (Phi) is 3.26.